The number of hydrogen-bond donors (Lipinski definition) is 0. The summed E-state index contributed by atoms with van der Waals surface area (Å²) in [4.78, 5) is 25.5. The molecule has 142 valence electrons. The zero-order valence-electron chi connectivity index (χ0n) is 15.4. The number of carbonyl (C=O) groups is 2. The number of esters is 1. The second-order valence-corrected chi connectivity index (χ2v) is 7.05. The van der Waals surface area contributed by atoms with Gasteiger partial charge in [0.1, 0.15) is 12.0 Å². The Kier molecular flexibility index (Phi) is 5.08. The summed E-state index contributed by atoms with van der Waals surface area (Å²) in [6.45, 7) is 1.00. The number of ether oxygens (including phenoxy) is 2. The lowest BCUT2D eigenvalue weighted by atomic mass is 9.86. The Morgan fingerprint density at radius 1 is 0.929 bits per heavy atom. The van der Waals surface area contributed by atoms with Crippen LogP contribution in [-0.4, -0.2) is 29.5 Å². The molecule has 0 radical (unpaired) electrons. The van der Waals surface area contributed by atoms with Gasteiger partial charge >= 0.3 is 5.97 Å². The molecule has 5 heteroatoms. The molecular weight excluding hydrogens is 354 g/mol. The maximum absolute atomic E-state index is 13.1. The molecule has 0 fully saturated rings. The summed E-state index contributed by atoms with van der Waals surface area (Å²) in [5, 5.41) is 0. The molecule has 2 heterocycles. The van der Waals surface area contributed by atoms with Crippen molar-refractivity contribution in [3.63, 3.8) is 0 Å². The van der Waals surface area contributed by atoms with Gasteiger partial charge in [-0.15, -0.1) is 0 Å². The van der Waals surface area contributed by atoms with Crippen LogP contribution >= 0.6 is 0 Å². The molecule has 0 N–H and O–H groups in total. The average Bonchev–Trinajstić information content (AvgIpc) is 3.29. The highest BCUT2D eigenvalue weighted by Crippen LogP contribution is 2.34. The SMILES string of the molecule is O=C(OCC1(COCc2ccccc2)Cn2cccc2C1=O)c1ccccc1. The third kappa shape index (κ3) is 3.62. The summed E-state index contributed by atoms with van der Waals surface area (Å²) in [6, 6.07) is 22.2. The van der Waals surface area contributed by atoms with E-state index >= 15 is 0 Å². The molecule has 4 rings (SSSR count). The molecule has 1 unspecified atom stereocenters. The van der Waals surface area contributed by atoms with Crippen LogP contribution in [0.3, 0.4) is 0 Å². The number of benzene rings is 2. The number of nitrogens with zero attached hydrogens (tertiary/aromatic N) is 1. The Morgan fingerprint density at radius 2 is 1.64 bits per heavy atom. The number of carbonyl (C=O) groups excluding carboxylic acids is 2. The maximum Gasteiger partial charge on any atom is 0.338 e. The first-order valence-corrected chi connectivity index (χ1v) is 9.22. The number of rotatable bonds is 7. The topological polar surface area (TPSA) is 57.5 Å². The van der Waals surface area contributed by atoms with Crippen molar-refractivity contribution in [2.24, 2.45) is 5.41 Å². The smallest absolute Gasteiger partial charge is 0.338 e. The number of ketones is 1. The van der Waals surface area contributed by atoms with E-state index in [1.807, 2.05) is 53.2 Å². The highest BCUT2D eigenvalue weighted by atomic mass is 16.5. The Labute approximate surface area is 163 Å². The molecule has 1 aliphatic rings. The van der Waals surface area contributed by atoms with Crippen LogP contribution in [0.25, 0.3) is 0 Å². The van der Waals surface area contributed by atoms with Gasteiger partial charge in [0, 0.05) is 12.7 Å². The van der Waals surface area contributed by atoms with Crippen LogP contribution in [0.15, 0.2) is 79.0 Å². The minimum absolute atomic E-state index is 0.0178. The normalized spacial score (nSPS) is 18.1. The summed E-state index contributed by atoms with van der Waals surface area (Å²) in [5.41, 5.74) is 1.21. The van der Waals surface area contributed by atoms with Gasteiger partial charge in [0.2, 0.25) is 0 Å². The monoisotopic (exact) mass is 375 g/mol. The van der Waals surface area contributed by atoms with E-state index < -0.39 is 11.4 Å². The van der Waals surface area contributed by atoms with E-state index in [2.05, 4.69) is 0 Å². The number of fused-ring (bicyclic) bond motifs is 1. The first-order valence-electron chi connectivity index (χ1n) is 9.22. The van der Waals surface area contributed by atoms with E-state index in [1.165, 1.54) is 0 Å². The van der Waals surface area contributed by atoms with Crippen molar-refractivity contribution >= 4 is 11.8 Å². The van der Waals surface area contributed by atoms with Gasteiger partial charge in [-0.3, -0.25) is 4.79 Å². The van der Waals surface area contributed by atoms with Crippen molar-refractivity contribution in [2.45, 2.75) is 13.2 Å². The molecule has 28 heavy (non-hydrogen) atoms. The lowest BCUT2D eigenvalue weighted by Gasteiger charge is -2.26. The van der Waals surface area contributed by atoms with Gasteiger partial charge in [-0.2, -0.15) is 0 Å². The number of hydrogen-bond acceptors (Lipinski definition) is 4. The highest BCUT2D eigenvalue weighted by Gasteiger charge is 2.47. The van der Waals surface area contributed by atoms with E-state index in [0.29, 0.717) is 24.4 Å². The standard InChI is InChI=1S/C23H21NO4/c25-21-20-12-7-13-24(20)15-23(21,16-27-14-18-8-3-1-4-9-18)17-28-22(26)19-10-5-2-6-11-19/h1-13H,14-17H2. The molecule has 0 spiro atoms. The second kappa shape index (κ2) is 7.82. The lowest BCUT2D eigenvalue weighted by molar-refractivity contribution is -0.00937. The number of Topliss-reactive ketones (excluding diaryl/α,β-unsaturated/α-hetero) is 1. The Bertz CT molecular complexity index is 965. The molecular formula is C23H21NO4. The van der Waals surface area contributed by atoms with Gasteiger partial charge in [-0.05, 0) is 29.8 Å². The van der Waals surface area contributed by atoms with Crippen LogP contribution in [0, 0.1) is 5.41 Å². The largest absolute Gasteiger partial charge is 0.461 e. The molecule has 3 aromatic rings. The van der Waals surface area contributed by atoms with Crippen LogP contribution in [0.1, 0.15) is 26.4 Å². The Hall–Kier alpha value is -3.18. The van der Waals surface area contributed by atoms with Gasteiger partial charge in [0.05, 0.1) is 24.5 Å². The van der Waals surface area contributed by atoms with Crippen molar-refractivity contribution in [3.05, 3.63) is 95.8 Å². The second-order valence-electron chi connectivity index (χ2n) is 7.05. The molecule has 0 aliphatic carbocycles. The molecule has 0 saturated carbocycles. The minimum Gasteiger partial charge on any atom is -0.461 e. The zero-order valence-corrected chi connectivity index (χ0v) is 15.4. The van der Waals surface area contributed by atoms with E-state index in [1.54, 1.807) is 30.3 Å². The predicted molar refractivity (Wildman–Crippen MR) is 104 cm³/mol. The van der Waals surface area contributed by atoms with E-state index in [0.717, 1.165) is 5.56 Å². The van der Waals surface area contributed by atoms with Gasteiger partial charge < -0.3 is 14.0 Å². The fourth-order valence-corrected chi connectivity index (χ4v) is 3.49. The first kappa shape index (κ1) is 18.2. The van der Waals surface area contributed by atoms with Crippen molar-refractivity contribution < 1.29 is 19.1 Å². The molecule has 2 aromatic carbocycles. The highest BCUT2D eigenvalue weighted by molar-refractivity contribution is 6.01. The van der Waals surface area contributed by atoms with Crippen molar-refractivity contribution in [1.82, 2.24) is 4.57 Å². The predicted octanol–water partition coefficient (Wildman–Crippen LogP) is 3.74. The summed E-state index contributed by atoms with van der Waals surface area (Å²) in [5.74, 6) is -0.487. The fourth-order valence-electron chi connectivity index (χ4n) is 3.49. The minimum atomic E-state index is -0.907. The summed E-state index contributed by atoms with van der Waals surface area (Å²) in [6.07, 6.45) is 1.87. The Balaban J connectivity index is 1.47. The molecule has 1 atom stereocenters. The lowest BCUT2D eigenvalue weighted by Crippen LogP contribution is -2.39. The molecule has 0 amide bonds. The van der Waals surface area contributed by atoms with Crippen molar-refractivity contribution in [3.8, 4) is 0 Å². The maximum atomic E-state index is 13.1. The van der Waals surface area contributed by atoms with E-state index in [-0.39, 0.29) is 19.0 Å². The van der Waals surface area contributed by atoms with Crippen molar-refractivity contribution in [2.75, 3.05) is 13.2 Å². The van der Waals surface area contributed by atoms with Crippen molar-refractivity contribution in [1.29, 1.82) is 0 Å². The van der Waals surface area contributed by atoms with Crippen LogP contribution in [0.2, 0.25) is 0 Å². The van der Waals surface area contributed by atoms with E-state index in [4.69, 9.17) is 9.47 Å². The molecule has 0 bridgehead atoms. The van der Waals surface area contributed by atoms with Gasteiger partial charge in [-0.1, -0.05) is 48.5 Å². The van der Waals surface area contributed by atoms with Crippen LogP contribution in [0.4, 0.5) is 0 Å². The van der Waals surface area contributed by atoms with Crippen LogP contribution in [-0.2, 0) is 22.6 Å². The van der Waals surface area contributed by atoms with Gasteiger partial charge in [0.15, 0.2) is 5.78 Å². The third-order valence-electron chi connectivity index (χ3n) is 5.00. The zero-order chi connectivity index (χ0) is 19.4. The van der Waals surface area contributed by atoms with Crippen LogP contribution in [0.5, 0.6) is 0 Å². The Morgan fingerprint density at radius 3 is 2.36 bits per heavy atom. The molecule has 1 aliphatic heterocycles. The van der Waals surface area contributed by atoms with Crippen LogP contribution < -0.4 is 0 Å². The van der Waals surface area contributed by atoms with E-state index in [9.17, 15) is 9.59 Å². The molecule has 5 nitrogen and oxygen atoms in total. The quantitative estimate of drug-likeness (QED) is 0.590. The van der Waals surface area contributed by atoms with Gasteiger partial charge in [0.25, 0.3) is 0 Å². The average molecular weight is 375 g/mol. The molecule has 1 aromatic heterocycles. The van der Waals surface area contributed by atoms with Gasteiger partial charge in [-0.25, -0.2) is 4.79 Å². The summed E-state index contributed by atoms with van der Waals surface area (Å²) in [7, 11) is 0. The number of aromatic nitrogens is 1. The summed E-state index contributed by atoms with van der Waals surface area (Å²) >= 11 is 0. The third-order valence-corrected chi connectivity index (χ3v) is 5.00. The fraction of sp³-hybridized carbons (Fsp3) is 0.217. The summed E-state index contributed by atoms with van der Waals surface area (Å²) < 4.78 is 13.3. The molecule has 0 saturated heterocycles. The first-order chi connectivity index (χ1) is 13.7.